The molecule has 1 aliphatic rings. The van der Waals surface area contributed by atoms with E-state index in [1.165, 1.54) is 30.4 Å². The van der Waals surface area contributed by atoms with Gasteiger partial charge in [0.25, 0.3) is 0 Å². The smallest absolute Gasteiger partial charge is 0.230 e. The molecule has 23 heavy (non-hydrogen) atoms. The van der Waals surface area contributed by atoms with Crippen LogP contribution in [0.4, 0.5) is 0 Å². The van der Waals surface area contributed by atoms with Gasteiger partial charge in [0.15, 0.2) is 0 Å². The Morgan fingerprint density at radius 1 is 1.17 bits per heavy atom. The lowest BCUT2D eigenvalue weighted by Gasteiger charge is -2.28. The first-order valence-electron chi connectivity index (χ1n) is 8.49. The highest BCUT2D eigenvalue weighted by Crippen LogP contribution is 2.23. The Morgan fingerprint density at radius 3 is 2.65 bits per heavy atom. The molecule has 3 rings (SSSR count). The lowest BCUT2D eigenvalue weighted by molar-refractivity contribution is -0.903. The van der Waals surface area contributed by atoms with Crippen molar-refractivity contribution in [3.05, 3.63) is 42.5 Å². The van der Waals surface area contributed by atoms with Crippen molar-refractivity contribution in [2.45, 2.75) is 30.7 Å². The van der Waals surface area contributed by atoms with Crippen LogP contribution in [0.2, 0.25) is 0 Å². The first kappa shape index (κ1) is 16.3. The van der Waals surface area contributed by atoms with E-state index in [0.717, 1.165) is 17.7 Å². The van der Waals surface area contributed by atoms with Crippen LogP contribution in [0.15, 0.2) is 47.4 Å². The maximum atomic E-state index is 12.2. The number of likely N-dealkylation sites (tertiary alicyclic amines) is 1. The van der Waals surface area contributed by atoms with Crippen molar-refractivity contribution >= 4 is 28.4 Å². The van der Waals surface area contributed by atoms with Crippen molar-refractivity contribution in [2.24, 2.45) is 0 Å². The van der Waals surface area contributed by atoms with Crippen molar-refractivity contribution in [1.82, 2.24) is 5.32 Å². The topological polar surface area (TPSA) is 33.5 Å². The Morgan fingerprint density at radius 2 is 1.91 bits per heavy atom. The molecule has 2 aromatic carbocycles. The molecule has 0 atom stereocenters. The van der Waals surface area contributed by atoms with Gasteiger partial charge in [-0.2, -0.15) is 0 Å². The molecule has 1 heterocycles. The molecule has 0 saturated carbocycles. The number of carbonyl (C=O) groups is 1. The number of piperidine rings is 1. The highest BCUT2D eigenvalue weighted by Gasteiger charge is 2.22. The van der Waals surface area contributed by atoms with Crippen molar-refractivity contribution in [1.29, 1.82) is 0 Å². The van der Waals surface area contributed by atoms with Gasteiger partial charge in [0, 0.05) is 23.8 Å². The summed E-state index contributed by atoms with van der Waals surface area (Å²) in [4.78, 5) is 15.0. The quantitative estimate of drug-likeness (QED) is 0.824. The van der Waals surface area contributed by atoms with E-state index in [-0.39, 0.29) is 5.91 Å². The van der Waals surface area contributed by atoms with Crippen molar-refractivity contribution in [2.75, 3.05) is 25.4 Å². The fourth-order valence-corrected chi connectivity index (χ4v) is 3.96. The second kappa shape index (κ2) is 7.84. The summed E-state index contributed by atoms with van der Waals surface area (Å²) in [6, 6.07) is 15.1. The van der Waals surface area contributed by atoms with Crippen LogP contribution in [-0.4, -0.2) is 37.3 Å². The van der Waals surface area contributed by atoms with Gasteiger partial charge in [-0.05, 0) is 29.8 Å². The van der Waals surface area contributed by atoms with Gasteiger partial charge in [0.2, 0.25) is 5.91 Å². The predicted octanol–water partition coefficient (Wildman–Crippen LogP) is 2.12. The molecule has 1 aliphatic heterocycles. The number of rotatable bonds is 5. The van der Waals surface area contributed by atoms with E-state index < -0.39 is 0 Å². The average molecular weight is 329 g/mol. The molecule has 3 nitrogen and oxygen atoms in total. The van der Waals surface area contributed by atoms with Crippen LogP contribution in [0.25, 0.3) is 10.8 Å². The normalized spacial score (nSPS) is 21.3. The first-order chi connectivity index (χ1) is 11.2. The van der Waals surface area contributed by atoms with Gasteiger partial charge in [0.1, 0.15) is 0 Å². The zero-order valence-corrected chi connectivity index (χ0v) is 14.5. The molecule has 1 fully saturated rings. The molecule has 0 bridgehead atoms. The third-order valence-corrected chi connectivity index (χ3v) is 5.64. The van der Waals surface area contributed by atoms with Crippen LogP contribution in [0.3, 0.4) is 0 Å². The number of thioether (sulfide) groups is 1. The number of carbonyl (C=O) groups excluding carboxylic acids is 1. The van der Waals surface area contributed by atoms with E-state index in [1.54, 1.807) is 16.7 Å². The molecule has 0 spiro atoms. The lowest BCUT2D eigenvalue weighted by atomic mass is 10.1. The number of benzene rings is 2. The standard InChI is InChI=1S/C19H24N2OS/c1-2-21-11-9-17(10-12-21)20-19(22)14-23-18-8-7-15-5-3-4-6-16(15)13-18/h3-8,13,17H,2,9-12,14H2,1H3,(H,20,22)/p+1. The van der Waals surface area contributed by atoms with E-state index in [2.05, 4.69) is 42.6 Å². The van der Waals surface area contributed by atoms with Crippen LogP contribution in [0.1, 0.15) is 19.8 Å². The summed E-state index contributed by atoms with van der Waals surface area (Å²) in [7, 11) is 0. The van der Waals surface area contributed by atoms with Crippen LogP contribution in [0.5, 0.6) is 0 Å². The molecular formula is C19H25N2OS+. The van der Waals surface area contributed by atoms with Gasteiger partial charge in [-0.25, -0.2) is 0 Å². The highest BCUT2D eigenvalue weighted by molar-refractivity contribution is 8.00. The second-order valence-electron chi connectivity index (χ2n) is 6.24. The Kier molecular flexibility index (Phi) is 5.57. The molecule has 2 N–H and O–H groups in total. The molecule has 0 unspecified atom stereocenters. The molecule has 122 valence electrons. The Balaban J connectivity index is 1.48. The summed E-state index contributed by atoms with van der Waals surface area (Å²) in [6.07, 6.45) is 2.21. The van der Waals surface area contributed by atoms with E-state index in [1.807, 2.05) is 12.1 Å². The maximum absolute atomic E-state index is 12.2. The molecule has 4 heteroatoms. The zero-order chi connectivity index (χ0) is 16.1. The number of hydrogen-bond donors (Lipinski definition) is 2. The summed E-state index contributed by atoms with van der Waals surface area (Å²) in [5.74, 6) is 0.659. The molecule has 2 aromatic rings. The lowest BCUT2D eigenvalue weighted by Crippen LogP contribution is -3.13. The second-order valence-corrected chi connectivity index (χ2v) is 7.29. The van der Waals surface area contributed by atoms with E-state index >= 15 is 0 Å². The van der Waals surface area contributed by atoms with Crippen molar-refractivity contribution in [3.63, 3.8) is 0 Å². The molecule has 0 radical (unpaired) electrons. The predicted molar refractivity (Wildman–Crippen MR) is 97.1 cm³/mol. The summed E-state index contributed by atoms with van der Waals surface area (Å²) >= 11 is 1.62. The molecule has 0 aromatic heterocycles. The summed E-state index contributed by atoms with van der Waals surface area (Å²) < 4.78 is 0. The molecule has 1 saturated heterocycles. The van der Waals surface area contributed by atoms with Crippen LogP contribution in [-0.2, 0) is 4.79 Å². The minimum absolute atomic E-state index is 0.160. The largest absolute Gasteiger partial charge is 0.352 e. The van der Waals surface area contributed by atoms with E-state index in [0.29, 0.717) is 11.8 Å². The van der Waals surface area contributed by atoms with Gasteiger partial charge < -0.3 is 10.2 Å². The fraction of sp³-hybridized carbons (Fsp3) is 0.421. The first-order valence-corrected chi connectivity index (χ1v) is 9.47. The Bertz CT molecular complexity index is 665. The molecular weight excluding hydrogens is 304 g/mol. The number of nitrogens with one attached hydrogen (secondary N) is 2. The highest BCUT2D eigenvalue weighted by atomic mass is 32.2. The van der Waals surface area contributed by atoms with Crippen molar-refractivity contribution in [3.8, 4) is 0 Å². The van der Waals surface area contributed by atoms with E-state index in [4.69, 9.17) is 0 Å². The third-order valence-electron chi connectivity index (χ3n) is 4.65. The van der Waals surface area contributed by atoms with Crippen molar-refractivity contribution < 1.29 is 9.69 Å². The molecule has 1 amide bonds. The Labute approximate surface area is 142 Å². The van der Waals surface area contributed by atoms with Gasteiger partial charge >= 0.3 is 0 Å². The summed E-state index contributed by atoms with van der Waals surface area (Å²) in [5, 5.41) is 5.67. The van der Waals surface area contributed by atoms with E-state index in [9.17, 15) is 4.79 Å². The number of amides is 1. The number of hydrogen-bond acceptors (Lipinski definition) is 2. The van der Waals surface area contributed by atoms with Gasteiger partial charge in [-0.1, -0.05) is 30.3 Å². The zero-order valence-electron chi connectivity index (χ0n) is 13.7. The monoisotopic (exact) mass is 329 g/mol. The fourth-order valence-electron chi connectivity index (χ4n) is 3.20. The maximum Gasteiger partial charge on any atom is 0.230 e. The van der Waals surface area contributed by atoms with Gasteiger partial charge in [-0.3, -0.25) is 4.79 Å². The van der Waals surface area contributed by atoms with Crippen LogP contribution in [0, 0.1) is 0 Å². The van der Waals surface area contributed by atoms with Gasteiger partial charge in [-0.15, -0.1) is 11.8 Å². The summed E-state index contributed by atoms with van der Waals surface area (Å²) in [5.41, 5.74) is 0. The van der Waals surface area contributed by atoms with Crippen LogP contribution >= 0.6 is 11.8 Å². The minimum Gasteiger partial charge on any atom is -0.352 e. The Hall–Kier alpha value is -1.52. The van der Waals surface area contributed by atoms with Crippen LogP contribution < -0.4 is 10.2 Å². The van der Waals surface area contributed by atoms with Gasteiger partial charge in [0.05, 0.1) is 25.4 Å². The molecule has 0 aliphatic carbocycles. The third kappa shape index (κ3) is 4.49. The number of quaternary nitrogens is 1. The average Bonchev–Trinajstić information content (AvgIpc) is 2.60. The number of fused-ring (bicyclic) bond motifs is 1. The SMILES string of the molecule is CC[NH+]1CCC(NC(=O)CSc2ccc3ccccc3c2)CC1. The minimum atomic E-state index is 0.160. The summed E-state index contributed by atoms with van der Waals surface area (Å²) in [6.45, 7) is 5.78.